The Morgan fingerprint density at radius 1 is 1.46 bits per heavy atom. The van der Waals surface area contributed by atoms with Crippen molar-refractivity contribution in [2.24, 2.45) is 5.92 Å². The van der Waals surface area contributed by atoms with Crippen molar-refractivity contribution in [3.05, 3.63) is 11.6 Å². The van der Waals surface area contributed by atoms with E-state index in [1.54, 1.807) is 6.08 Å². The molecule has 0 aromatic heterocycles. The smallest absolute Gasteiger partial charge is 0.117 e. The Kier molecular flexibility index (Phi) is 2.80. The maximum Gasteiger partial charge on any atom is 0.117 e. The molecule has 3 nitrogen and oxygen atoms in total. The molecule has 0 saturated carbocycles. The van der Waals surface area contributed by atoms with Gasteiger partial charge >= 0.3 is 0 Å². The number of aliphatic hydroxyl groups excluding tert-OH is 2. The third-order valence-corrected chi connectivity index (χ3v) is 2.82. The summed E-state index contributed by atoms with van der Waals surface area (Å²) in [6.07, 6.45) is 0.262. The van der Waals surface area contributed by atoms with E-state index in [1.165, 1.54) is 6.92 Å². The van der Waals surface area contributed by atoms with Crippen molar-refractivity contribution < 1.29 is 15.3 Å². The fraction of sp³-hybridized carbons (Fsp3) is 0.800. The molecule has 3 heteroatoms. The van der Waals surface area contributed by atoms with Crippen molar-refractivity contribution in [1.29, 1.82) is 0 Å². The molecule has 13 heavy (non-hydrogen) atoms. The molecule has 3 atom stereocenters. The molecule has 0 aliphatic heterocycles. The van der Waals surface area contributed by atoms with Gasteiger partial charge in [-0.2, -0.15) is 0 Å². The van der Waals surface area contributed by atoms with Crippen molar-refractivity contribution >= 4 is 0 Å². The fourth-order valence-electron chi connectivity index (χ4n) is 1.49. The molecule has 0 spiro atoms. The lowest BCUT2D eigenvalue weighted by Crippen LogP contribution is -2.51. The number of aliphatic hydroxyl groups is 3. The molecule has 1 aliphatic carbocycles. The van der Waals surface area contributed by atoms with E-state index in [4.69, 9.17) is 0 Å². The summed E-state index contributed by atoms with van der Waals surface area (Å²) >= 11 is 0. The van der Waals surface area contributed by atoms with Crippen LogP contribution in [0.3, 0.4) is 0 Å². The molecular weight excluding hydrogens is 168 g/mol. The molecular formula is C10H18O3. The Balaban J connectivity index is 2.88. The quantitative estimate of drug-likeness (QED) is 0.521. The molecule has 0 unspecified atom stereocenters. The van der Waals surface area contributed by atoms with Crippen molar-refractivity contribution in [2.45, 2.75) is 45.0 Å². The lowest BCUT2D eigenvalue weighted by molar-refractivity contribution is -0.124. The number of hydrogen-bond donors (Lipinski definition) is 3. The van der Waals surface area contributed by atoms with E-state index in [0.29, 0.717) is 12.3 Å². The Morgan fingerprint density at radius 2 is 2.00 bits per heavy atom. The topological polar surface area (TPSA) is 60.7 Å². The van der Waals surface area contributed by atoms with Gasteiger partial charge in [0.25, 0.3) is 0 Å². The molecule has 1 aliphatic rings. The second kappa shape index (κ2) is 3.40. The van der Waals surface area contributed by atoms with Gasteiger partial charge in [-0.15, -0.1) is 0 Å². The predicted octanol–water partition coefficient (Wildman–Crippen LogP) is 0.445. The van der Waals surface area contributed by atoms with E-state index in [-0.39, 0.29) is 0 Å². The van der Waals surface area contributed by atoms with Gasteiger partial charge in [0.1, 0.15) is 11.7 Å². The highest BCUT2D eigenvalue weighted by Gasteiger charge is 2.40. The average Bonchev–Trinajstić information content (AvgIpc) is 2.00. The van der Waals surface area contributed by atoms with Gasteiger partial charge in [0.2, 0.25) is 0 Å². The Hall–Kier alpha value is -0.380. The first kappa shape index (κ1) is 10.7. The molecule has 0 saturated heterocycles. The van der Waals surface area contributed by atoms with Gasteiger partial charge in [-0.1, -0.05) is 25.5 Å². The van der Waals surface area contributed by atoms with Crippen LogP contribution in [0.5, 0.6) is 0 Å². The third-order valence-electron chi connectivity index (χ3n) is 2.82. The highest BCUT2D eigenvalue weighted by molar-refractivity contribution is 5.19. The standard InChI is InChI=1S/C10H18O3/c1-6(2)7-4-8(11)10(3,13)9(12)5-7/h4,6,8-9,11-13H,5H2,1-3H3/t8-,9+,10+/m1/s1. The molecule has 0 amide bonds. The monoisotopic (exact) mass is 186 g/mol. The summed E-state index contributed by atoms with van der Waals surface area (Å²) in [6.45, 7) is 5.46. The first-order chi connectivity index (χ1) is 5.85. The van der Waals surface area contributed by atoms with E-state index in [2.05, 4.69) is 0 Å². The molecule has 76 valence electrons. The zero-order valence-electron chi connectivity index (χ0n) is 8.36. The lowest BCUT2D eigenvalue weighted by Gasteiger charge is -2.37. The van der Waals surface area contributed by atoms with Gasteiger partial charge in [-0.25, -0.2) is 0 Å². The fourth-order valence-corrected chi connectivity index (χ4v) is 1.49. The van der Waals surface area contributed by atoms with Gasteiger partial charge in [-0.3, -0.25) is 0 Å². The number of rotatable bonds is 1. The zero-order valence-corrected chi connectivity index (χ0v) is 8.36. The van der Waals surface area contributed by atoms with Crippen molar-refractivity contribution in [2.75, 3.05) is 0 Å². The van der Waals surface area contributed by atoms with Crippen LogP contribution < -0.4 is 0 Å². The zero-order chi connectivity index (χ0) is 10.2. The van der Waals surface area contributed by atoms with Crippen LogP contribution in [0.15, 0.2) is 11.6 Å². The summed E-state index contributed by atoms with van der Waals surface area (Å²) in [5.74, 6) is 0.306. The highest BCUT2D eigenvalue weighted by atomic mass is 16.4. The average molecular weight is 186 g/mol. The highest BCUT2D eigenvalue weighted by Crippen LogP contribution is 2.31. The Morgan fingerprint density at radius 3 is 2.38 bits per heavy atom. The van der Waals surface area contributed by atoms with Crippen molar-refractivity contribution in [1.82, 2.24) is 0 Å². The van der Waals surface area contributed by atoms with Gasteiger partial charge in [0.15, 0.2) is 0 Å². The van der Waals surface area contributed by atoms with E-state index >= 15 is 0 Å². The van der Waals surface area contributed by atoms with Gasteiger partial charge in [0, 0.05) is 0 Å². The van der Waals surface area contributed by atoms with Crippen LogP contribution in [-0.4, -0.2) is 33.1 Å². The van der Waals surface area contributed by atoms with Crippen LogP contribution in [0, 0.1) is 5.92 Å². The second-order valence-corrected chi connectivity index (χ2v) is 4.29. The normalized spacial score (nSPS) is 40.7. The summed E-state index contributed by atoms with van der Waals surface area (Å²) in [5.41, 5.74) is -0.398. The predicted molar refractivity (Wildman–Crippen MR) is 50.2 cm³/mol. The van der Waals surface area contributed by atoms with Crippen LogP contribution in [0.1, 0.15) is 27.2 Å². The minimum Gasteiger partial charge on any atom is -0.390 e. The maximum absolute atomic E-state index is 9.67. The van der Waals surface area contributed by atoms with Gasteiger partial charge in [0.05, 0.1) is 6.10 Å². The summed E-state index contributed by atoms with van der Waals surface area (Å²) < 4.78 is 0. The van der Waals surface area contributed by atoms with E-state index in [9.17, 15) is 15.3 Å². The molecule has 0 aromatic rings. The first-order valence-electron chi connectivity index (χ1n) is 4.64. The molecule has 0 radical (unpaired) electrons. The molecule has 0 aromatic carbocycles. The molecule has 0 heterocycles. The number of hydrogen-bond acceptors (Lipinski definition) is 3. The SMILES string of the molecule is CC(C)C1=C[C@@H](O)[C@](C)(O)[C@@H](O)C1. The van der Waals surface area contributed by atoms with Gasteiger partial charge in [-0.05, 0) is 19.3 Å². The molecule has 0 fully saturated rings. The van der Waals surface area contributed by atoms with Crippen LogP contribution in [0.25, 0.3) is 0 Å². The van der Waals surface area contributed by atoms with E-state index < -0.39 is 17.8 Å². The summed E-state index contributed by atoms with van der Waals surface area (Å²) in [7, 11) is 0. The van der Waals surface area contributed by atoms with Crippen LogP contribution in [0.4, 0.5) is 0 Å². The maximum atomic E-state index is 9.67. The van der Waals surface area contributed by atoms with Crippen molar-refractivity contribution in [3.8, 4) is 0 Å². The summed E-state index contributed by atoms with van der Waals surface area (Å²) in [6, 6.07) is 0. The van der Waals surface area contributed by atoms with Crippen LogP contribution in [-0.2, 0) is 0 Å². The minimum atomic E-state index is -1.40. The Labute approximate surface area is 78.7 Å². The third kappa shape index (κ3) is 1.93. The summed E-state index contributed by atoms with van der Waals surface area (Å²) in [5, 5.41) is 28.8. The second-order valence-electron chi connectivity index (χ2n) is 4.29. The van der Waals surface area contributed by atoms with E-state index in [1.807, 2.05) is 13.8 Å². The molecule has 3 N–H and O–H groups in total. The minimum absolute atomic E-state index is 0.306. The molecule has 0 bridgehead atoms. The van der Waals surface area contributed by atoms with Crippen LogP contribution in [0.2, 0.25) is 0 Å². The van der Waals surface area contributed by atoms with E-state index in [0.717, 1.165) is 5.57 Å². The van der Waals surface area contributed by atoms with Crippen molar-refractivity contribution in [3.63, 3.8) is 0 Å². The molecule has 1 rings (SSSR count). The lowest BCUT2D eigenvalue weighted by atomic mass is 9.79. The first-order valence-corrected chi connectivity index (χ1v) is 4.64. The van der Waals surface area contributed by atoms with Gasteiger partial charge < -0.3 is 15.3 Å². The van der Waals surface area contributed by atoms with Crippen LogP contribution >= 0.6 is 0 Å². The summed E-state index contributed by atoms with van der Waals surface area (Å²) in [4.78, 5) is 0. The Bertz CT molecular complexity index is 218. The largest absolute Gasteiger partial charge is 0.390 e.